The molecule has 0 heterocycles. The van der Waals surface area contributed by atoms with Gasteiger partial charge in [0.15, 0.2) is 0 Å². The fourth-order valence-electron chi connectivity index (χ4n) is 1.72. The predicted molar refractivity (Wildman–Crippen MR) is 60.2 cm³/mol. The number of Topliss-reactive ketones (excluding diaryl/α,β-unsaturated/α-hetero) is 1. The van der Waals surface area contributed by atoms with Gasteiger partial charge in [-0.1, -0.05) is 34.5 Å². The van der Waals surface area contributed by atoms with Crippen molar-refractivity contribution < 1.29 is 4.79 Å². The van der Waals surface area contributed by atoms with Gasteiger partial charge in [0.2, 0.25) is 0 Å². The predicted octanol–water partition coefficient (Wildman–Crippen LogP) is 3.36. The second kappa shape index (κ2) is 4.26. The molecule has 0 bridgehead atoms. The quantitative estimate of drug-likeness (QED) is 0.807. The molecule has 2 rings (SSSR count). The topological polar surface area (TPSA) is 17.1 Å². The van der Waals surface area contributed by atoms with E-state index in [0.717, 1.165) is 22.9 Å². The van der Waals surface area contributed by atoms with Crippen molar-refractivity contribution in [3.63, 3.8) is 0 Å². The van der Waals surface area contributed by atoms with E-state index in [4.69, 9.17) is 0 Å². The molecule has 14 heavy (non-hydrogen) atoms. The largest absolute Gasteiger partial charge is 0.299 e. The molecule has 0 N–H and O–H groups in total. The van der Waals surface area contributed by atoms with Gasteiger partial charge < -0.3 is 0 Å². The Hall–Kier alpha value is -0.630. The van der Waals surface area contributed by atoms with Gasteiger partial charge in [0, 0.05) is 16.8 Å². The van der Waals surface area contributed by atoms with Crippen LogP contribution in [-0.2, 0) is 11.2 Å². The summed E-state index contributed by atoms with van der Waals surface area (Å²) in [5.41, 5.74) is 1.12. The fraction of sp³-hybridized carbons (Fsp3) is 0.417. The van der Waals surface area contributed by atoms with Crippen molar-refractivity contribution in [1.29, 1.82) is 0 Å². The lowest BCUT2D eigenvalue weighted by atomic mass is 9.80. The smallest absolute Gasteiger partial charge is 0.140 e. The number of ketones is 1. The maximum Gasteiger partial charge on any atom is 0.140 e. The van der Waals surface area contributed by atoms with E-state index in [2.05, 4.69) is 15.9 Å². The first-order valence-corrected chi connectivity index (χ1v) is 5.82. The molecule has 0 amide bonds. The van der Waals surface area contributed by atoms with E-state index in [-0.39, 0.29) is 0 Å². The van der Waals surface area contributed by atoms with Crippen LogP contribution in [0.3, 0.4) is 0 Å². The monoisotopic (exact) mass is 252 g/mol. The Morgan fingerprint density at radius 1 is 1.43 bits per heavy atom. The fourth-order valence-corrected chi connectivity index (χ4v) is 2.17. The zero-order chi connectivity index (χ0) is 9.97. The van der Waals surface area contributed by atoms with Gasteiger partial charge in [0.05, 0.1) is 0 Å². The van der Waals surface area contributed by atoms with Crippen molar-refractivity contribution in [3.05, 3.63) is 34.3 Å². The first-order chi connectivity index (χ1) is 6.75. The number of carbonyl (C=O) groups excluding carboxylic acids is 1. The Balaban J connectivity index is 1.99. The molecule has 1 fully saturated rings. The number of benzene rings is 1. The van der Waals surface area contributed by atoms with Crippen LogP contribution in [0.5, 0.6) is 0 Å². The molecule has 0 spiro atoms. The van der Waals surface area contributed by atoms with Crippen molar-refractivity contribution in [2.45, 2.75) is 25.7 Å². The minimum absolute atomic E-state index is 0.356. The number of halogens is 1. The molecule has 0 atom stereocenters. The lowest BCUT2D eigenvalue weighted by molar-refractivity contribution is -0.124. The van der Waals surface area contributed by atoms with Crippen LogP contribution < -0.4 is 0 Å². The molecule has 2 heteroatoms. The van der Waals surface area contributed by atoms with E-state index in [1.807, 2.05) is 24.3 Å². The van der Waals surface area contributed by atoms with Gasteiger partial charge in [0.25, 0.3) is 0 Å². The second-order valence-corrected chi connectivity index (χ2v) is 4.82. The minimum Gasteiger partial charge on any atom is -0.299 e. The van der Waals surface area contributed by atoms with Crippen LogP contribution in [0.25, 0.3) is 0 Å². The molecule has 1 aromatic carbocycles. The van der Waals surface area contributed by atoms with Crippen molar-refractivity contribution >= 4 is 21.7 Å². The molecule has 0 aromatic heterocycles. The van der Waals surface area contributed by atoms with Crippen LogP contribution in [0.2, 0.25) is 0 Å². The van der Waals surface area contributed by atoms with E-state index in [0.29, 0.717) is 18.1 Å². The Bertz CT molecular complexity index is 342. The average molecular weight is 253 g/mol. The first kappa shape index (κ1) is 9.91. The summed E-state index contributed by atoms with van der Waals surface area (Å²) in [6.07, 6.45) is 4.04. The molecule has 1 aliphatic carbocycles. The second-order valence-electron chi connectivity index (χ2n) is 3.90. The first-order valence-electron chi connectivity index (χ1n) is 5.03. The highest BCUT2D eigenvalue weighted by atomic mass is 79.9. The maximum atomic E-state index is 11.7. The van der Waals surface area contributed by atoms with E-state index in [1.54, 1.807) is 0 Å². The van der Waals surface area contributed by atoms with Crippen LogP contribution in [0, 0.1) is 5.92 Å². The van der Waals surface area contributed by atoms with Gasteiger partial charge in [0.1, 0.15) is 5.78 Å². The number of hydrogen-bond acceptors (Lipinski definition) is 1. The van der Waals surface area contributed by atoms with Gasteiger partial charge in [-0.2, -0.15) is 0 Å². The molecule has 1 aliphatic rings. The van der Waals surface area contributed by atoms with Crippen LogP contribution >= 0.6 is 15.9 Å². The highest BCUT2D eigenvalue weighted by molar-refractivity contribution is 9.10. The Labute approximate surface area is 92.6 Å². The zero-order valence-corrected chi connectivity index (χ0v) is 9.59. The molecule has 1 saturated carbocycles. The highest BCUT2D eigenvalue weighted by Crippen LogP contribution is 2.28. The summed E-state index contributed by atoms with van der Waals surface area (Å²) < 4.78 is 1.05. The van der Waals surface area contributed by atoms with Crippen LogP contribution in [-0.4, -0.2) is 5.78 Å². The lowest BCUT2D eigenvalue weighted by Crippen LogP contribution is -2.23. The molecular weight excluding hydrogens is 240 g/mol. The van der Waals surface area contributed by atoms with E-state index < -0.39 is 0 Å². The summed E-state index contributed by atoms with van der Waals surface area (Å²) >= 11 is 3.41. The molecule has 0 radical (unpaired) electrons. The third-order valence-electron chi connectivity index (χ3n) is 2.83. The summed E-state index contributed by atoms with van der Waals surface area (Å²) in [5, 5.41) is 0. The number of carbonyl (C=O) groups is 1. The Morgan fingerprint density at radius 2 is 2.21 bits per heavy atom. The average Bonchev–Trinajstić information content (AvgIpc) is 1.99. The van der Waals surface area contributed by atoms with Gasteiger partial charge in [-0.25, -0.2) is 0 Å². The SMILES string of the molecule is O=C(Cc1cccc(Br)c1)C1CCC1. The number of hydrogen-bond donors (Lipinski definition) is 0. The molecule has 1 aromatic rings. The van der Waals surface area contributed by atoms with Crippen LogP contribution in [0.4, 0.5) is 0 Å². The van der Waals surface area contributed by atoms with Gasteiger partial charge >= 0.3 is 0 Å². The van der Waals surface area contributed by atoms with Crippen LogP contribution in [0.15, 0.2) is 28.7 Å². The van der Waals surface area contributed by atoms with E-state index in [9.17, 15) is 4.79 Å². The Kier molecular flexibility index (Phi) is 3.02. The zero-order valence-electron chi connectivity index (χ0n) is 8.00. The third kappa shape index (κ3) is 2.24. The van der Waals surface area contributed by atoms with E-state index in [1.165, 1.54) is 6.42 Å². The van der Waals surface area contributed by atoms with Crippen molar-refractivity contribution in [2.75, 3.05) is 0 Å². The summed E-state index contributed by atoms with van der Waals surface area (Å²) in [4.78, 5) is 11.7. The summed E-state index contributed by atoms with van der Waals surface area (Å²) in [6, 6.07) is 8.00. The van der Waals surface area contributed by atoms with Crippen LogP contribution in [0.1, 0.15) is 24.8 Å². The lowest BCUT2D eigenvalue weighted by Gasteiger charge is -2.23. The minimum atomic E-state index is 0.356. The van der Waals surface area contributed by atoms with Gasteiger partial charge in [-0.05, 0) is 30.5 Å². The van der Waals surface area contributed by atoms with E-state index >= 15 is 0 Å². The van der Waals surface area contributed by atoms with Crippen molar-refractivity contribution in [2.24, 2.45) is 5.92 Å². The molecule has 0 unspecified atom stereocenters. The highest BCUT2D eigenvalue weighted by Gasteiger charge is 2.24. The molecule has 0 saturated heterocycles. The summed E-state index contributed by atoms with van der Waals surface area (Å²) in [7, 11) is 0. The molecule has 1 nitrogen and oxygen atoms in total. The Morgan fingerprint density at radius 3 is 2.79 bits per heavy atom. The maximum absolute atomic E-state index is 11.7. The van der Waals surface area contributed by atoms with Gasteiger partial charge in [-0.3, -0.25) is 4.79 Å². The van der Waals surface area contributed by atoms with Crippen molar-refractivity contribution in [1.82, 2.24) is 0 Å². The normalized spacial score (nSPS) is 16.4. The number of rotatable bonds is 3. The van der Waals surface area contributed by atoms with Crippen molar-refractivity contribution in [3.8, 4) is 0 Å². The van der Waals surface area contributed by atoms with Gasteiger partial charge in [-0.15, -0.1) is 0 Å². The molecular formula is C12H13BrO. The molecule has 0 aliphatic heterocycles. The standard InChI is InChI=1S/C12H13BrO/c13-11-6-1-3-9(7-11)8-12(14)10-4-2-5-10/h1,3,6-7,10H,2,4-5,8H2. The molecule has 74 valence electrons. The third-order valence-corrected chi connectivity index (χ3v) is 3.32. The summed E-state index contributed by atoms with van der Waals surface area (Å²) in [5.74, 6) is 0.767. The summed E-state index contributed by atoms with van der Waals surface area (Å²) in [6.45, 7) is 0.